The van der Waals surface area contributed by atoms with E-state index in [2.05, 4.69) is 33.1 Å². The molecule has 17 heavy (non-hydrogen) atoms. The normalized spacial score (nSPS) is 18.2. The van der Waals surface area contributed by atoms with E-state index in [-0.39, 0.29) is 0 Å². The Balaban J connectivity index is 1.86. The predicted octanol–water partition coefficient (Wildman–Crippen LogP) is 1.44. The second-order valence-electron chi connectivity index (χ2n) is 4.17. The van der Waals surface area contributed by atoms with E-state index in [9.17, 15) is 0 Å². The molecular formula is C12H19N3OS. The van der Waals surface area contributed by atoms with Crippen LogP contribution < -0.4 is 4.74 Å². The van der Waals surface area contributed by atoms with Crippen LogP contribution in [0.4, 0.5) is 0 Å². The summed E-state index contributed by atoms with van der Waals surface area (Å²) in [6.45, 7) is 7.76. The summed E-state index contributed by atoms with van der Waals surface area (Å²) in [6, 6.07) is 4.03. The van der Waals surface area contributed by atoms with Crippen molar-refractivity contribution in [3.05, 3.63) is 23.9 Å². The number of rotatable bonds is 4. The zero-order valence-corrected chi connectivity index (χ0v) is 11.1. The van der Waals surface area contributed by atoms with Crippen LogP contribution in [0.3, 0.4) is 0 Å². The lowest BCUT2D eigenvalue weighted by molar-refractivity contribution is 0.190. The lowest BCUT2D eigenvalue weighted by atomic mass is 10.2. The van der Waals surface area contributed by atoms with Crippen molar-refractivity contribution in [2.45, 2.75) is 13.5 Å². The Labute approximate surface area is 108 Å². The van der Waals surface area contributed by atoms with Gasteiger partial charge in [-0.25, -0.2) is 4.98 Å². The van der Waals surface area contributed by atoms with Gasteiger partial charge >= 0.3 is 0 Å². The second-order valence-corrected chi connectivity index (χ2v) is 4.73. The molecule has 1 aromatic rings. The van der Waals surface area contributed by atoms with Crippen LogP contribution in [-0.2, 0) is 6.54 Å². The first-order valence-corrected chi connectivity index (χ1v) is 6.42. The molecular weight excluding hydrogens is 234 g/mol. The number of aromatic nitrogens is 1. The topological polar surface area (TPSA) is 28.6 Å². The maximum Gasteiger partial charge on any atom is 0.213 e. The van der Waals surface area contributed by atoms with Gasteiger partial charge in [0.1, 0.15) is 0 Å². The number of nitrogens with zero attached hydrogens (tertiary/aromatic N) is 3. The summed E-state index contributed by atoms with van der Waals surface area (Å²) in [7, 11) is 0. The number of pyridine rings is 1. The number of ether oxygens (including phenoxy) is 1. The van der Waals surface area contributed by atoms with Crippen molar-refractivity contribution in [1.82, 2.24) is 14.2 Å². The largest absolute Gasteiger partial charge is 0.478 e. The zero-order chi connectivity index (χ0) is 12.1. The molecule has 5 heteroatoms. The highest BCUT2D eigenvalue weighted by Crippen LogP contribution is 2.11. The molecule has 1 saturated heterocycles. The van der Waals surface area contributed by atoms with Gasteiger partial charge in [-0.15, -0.1) is 0 Å². The third-order valence-electron chi connectivity index (χ3n) is 2.84. The number of hydrogen-bond acceptors (Lipinski definition) is 5. The summed E-state index contributed by atoms with van der Waals surface area (Å²) < 4.78 is 7.39. The number of hydrogen-bond donors (Lipinski definition) is 1. The Morgan fingerprint density at radius 1 is 1.29 bits per heavy atom. The molecule has 0 atom stereocenters. The van der Waals surface area contributed by atoms with Gasteiger partial charge in [-0.2, -0.15) is 0 Å². The molecule has 0 aromatic carbocycles. The molecule has 0 N–H and O–H groups in total. The summed E-state index contributed by atoms with van der Waals surface area (Å²) >= 11 is 4.34. The van der Waals surface area contributed by atoms with E-state index >= 15 is 0 Å². The van der Waals surface area contributed by atoms with Gasteiger partial charge in [0.05, 0.1) is 6.61 Å². The fourth-order valence-corrected chi connectivity index (χ4v) is 2.07. The van der Waals surface area contributed by atoms with Crippen LogP contribution in [0.5, 0.6) is 5.88 Å². The van der Waals surface area contributed by atoms with Gasteiger partial charge in [0.15, 0.2) is 0 Å². The van der Waals surface area contributed by atoms with Crippen molar-refractivity contribution in [1.29, 1.82) is 0 Å². The Morgan fingerprint density at radius 3 is 2.65 bits per heavy atom. The van der Waals surface area contributed by atoms with E-state index in [4.69, 9.17) is 4.74 Å². The highest BCUT2D eigenvalue weighted by Gasteiger charge is 2.14. The molecule has 0 spiro atoms. The number of piperazine rings is 1. The van der Waals surface area contributed by atoms with Gasteiger partial charge in [0.25, 0.3) is 0 Å². The fourth-order valence-electron chi connectivity index (χ4n) is 1.89. The summed E-state index contributed by atoms with van der Waals surface area (Å²) in [5, 5.41) is 0. The van der Waals surface area contributed by atoms with Gasteiger partial charge in [-0.3, -0.25) is 9.21 Å². The smallest absolute Gasteiger partial charge is 0.213 e. The molecule has 0 bridgehead atoms. The van der Waals surface area contributed by atoms with Gasteiger partial charge in [-0.1, -0.05) is 18.9 Å². The Morgan fingerprint density at radius 2 is 2.06 bits per heavy atom. The van der Waals surface area contributed by atoms with E-state index in [1.807, 2.05) is 19.2 Å². The van der Waals surface area contributed by atoms with E-state index in [0.29, 0.717) is 12.5 Å². The van der Waals surface area contributed by atoms with Gasteiger partial charge in [0.2, 0.25) is 5.88 Å². The van der Waals surface area contributed by atoms with Crippen molar-refractivity contribution < 1.29 is 4.74 Å². The summed E-state index contributed by atoms with van der Waals surface area (Å²) in [6.07, 6.45) is 1.90. The molecule has 2 heterocycles. The van der Waals surface area contributed by atoms with Crippen molar-refractivity contribution in [2.75, 3.05) is 32.8 Å². The maximum absolute atomic E-state index is 5.32. The molecule has 1 fully saturated rings. The first-order chi connectivity index (χ1) is 8.28. The minimum absolute atomic E-state index is 0.663. The minimum Gasteiger partial charge on any atom is -0.478 e. The van der Waals surface area contributed by atoms with Gasteiger partial charge in [0, 0.05) is 45.0 Å². The highest BCUT2D eigenvalue weighted by molar-refractivity contribution is 7.77. The van der Waals surface area contributed by atoms with Crippen LogP contribution in [0, 0.1) is 0 Å². The fraction of sp³-hybridized carbons (Fsp3) is 0.583. The molecule has 1 aliphatic rings. The van der Waals surface area contributed by atoms with Crippen molar-refractivity contribution in [3.8, 4) is 5.88 Å². The van der Waals surface area contributed by atoms with Crippen molar-refractivity contribution >= 4 is 12.8 Å². The van der Waals surface area contributed by atoms with Crippen molar-refractivity contribution in [2.24, 2.45) is 0 Å². The van der Waals surface area contributed by atoms with Gasteiger partial charge in [-0.05, 0) is 12.5 Å². The first kappa shape index (κ1) is 12.7. The van der Waals surface area contributed by atoms with E-state index in [1.54, 1.807) is 0 Å². The Hall–Kier alpha value is -0.780. The maximum atomic E-state index is 5.32. The van der Waals surface area contributed by atoms with Gasteiger partial charge < -0.3 is 4.74 Å². The van der Waals surface area contributed by atoms with Crippen molar-refractivity contribution in [3.63, 3.8) is 0 Å². The third kappa shape index (κ3) is 3.87. The monoisotopic (exact) mass is 253 g/mol. The molecule has 94 valence electrons. The SMILES string of the molecule is CCOc1ccc(CN2CCN(S)CC2)cn1. The van der Waals surface area contributed by atoms with Crippen LogP contribution in [0.2, 0.25) is 0 Å². The lowest BCUT2D eigenvalue weighted by Crippen LogP contribution is -2.41. The second kappa shape index (κ2) is 6.23. The quantitative estimate of drug-likeness (QED) is 0.822. The summed E-state index contributed by atoms with van der Waals surface area (Å²) in [4.78, 5) is 6.70. The minimum atomic E-state index is 0.663. The molecule has 4 nitrogen and oxygen atoms in total. The molecule has 0 amide bonds. The lowest BCUT2D eigenvalue weighted by Gasteiger charge is -2.31. The van der Waals surface area contributed by atoms with E-state index in [0.717, 1.165) is 32.7 Å². The van der Waals surface area contributed by atoms with E-state index in [1.165, 1.54) is 5.56 Å². The molecule has 2 rings (SSSR count). The average molecular weight is 253 g/mol. The third-order valence-corrected chi connectivity index (χ3v) is 3.24. The van der Waals surface area contributed by atoms with Crippen LogP contribution in [-0.4, -0.2) is 47.0 Å². The molecule has 0 aliphatic carbocycles. The molecule has 0 radical (unpaired) electrons. The van der Waals surface area contributed by atoms with Crippen LogP contribution in [0.25, 0.3) is 0 Å². The Bertz CT molecular complexity index is 336. The standard InChI is InChI=1S/C12H19N3OS/c1-2-16-12-4-3-11(9-13-12)10-14-5-7-15(17)8-6-14/h3-4,9,17H,2,5-8,10H2,1H3. The van der Waals surface area contributed by atoms with Crippen LogP contribution >= 0.6 is 12.8 Å². The summed E-state index contributed by atoms with van der Waals surface area (Å²) in [5.41, 5.74) is 1.24. The van der Waals surface area contributed by atoms with Crippen LogP contribution in [0.1, 0.15) is 12.5 Å². The van der Waals surface area contributed by atoms with E-state index < -0.39 is 0 Å². The molecule has 1 aromatic heterocycles. The first-order valence-electron chi connectivity index (χ1n) is 6.02. The molecule has 0 saturated carbocycles. The Kier molecular flexibility index (Phi) is 4.65. The zero-order valence-electron chi connectivity index (χ0n) is 10.2. The predicted molar refractivity (Wildman–Crippen MR) is 71.2 cm³/mol. The average Bonchev–Trinajstić information content (AvgIpc) is 2.35. The summed E-state index contributed by atoms with van der Waals surface area (Å²) in [5.74, 6) is 0.705. The van der Waals surface area contributed by atoms with Crippen LogP contribution in [0.15, 0.2) is 18.3 Å². The highest BCUT2D eigenvalue weighted by atomic mass is 32.1. The number of thiol groups is 1. The molecule has 0 unspecified atom stereocenters. The molecule has 1 aliphatic heterocycles.